The van der Waals surface area contributed by atoms with Crippen LogP contribution in [0.4, 0.5) is 0 Å². The molecule has 1 aromatic heterocycles. The topological polar surface area (TPSA) is 101 Å². The van der Waals surface area contributed by atoms with Crippen LogP contribution in [-0.2, 0) is 11.2 Å². The molecule has 0 radical (unpaired) electrons. The summed E-state index contributed by atoms with van der Waals surface area (Å²) >= 11 is 0. The summed E-state index contributed by atoms with van der Waals surface area (Å²) in [6.45, 7) is 0.586. The van der Waals surface area contributed by atoms with Gasteiger partial charge in [-0.1, -0.05) is 54.6 Å². The fraction of sp³-hybridized carbons (Fsp3) is 0.154. The molecule has 1 atom stereocenters. The van der Waals surface area contributed by atoms with Gasteiger partial charge in [0.15, 0.2) is 0 Å². The molecule has 0 aliphatic heterocycles. The van der Waals surface area contributed by atoms with Gasteiger partial charge < -0.3 is 20.6 Å². The molecule has 1 unspecified atom stereocenters. The number of carboxylic acids is 1. The third-order valence-corrected chi connectivity index (χ3v) is 5.23. The minimum atomic E-state index is -0.955. The van der Waals surface area contributed by atoms with Gasteiger partial charge in [0.25, 0.3) is 0 Å². The fourth-order valence-corrected chi connectivity index (χ4v) is 3.47. The Morgan fingerprint density at radius 2 is 1.59 bits per heavy atom. The summed E-state index contributed by atoms with van der Waals surface area (Å²) in [5, 5.41) is 8.87. The first kappa shape index (κ1) is 21.3. The number of hydrogen-bond donors (Lipinski definition) is 3. The number of carboxylic acid groups (broad SMARTS) is 1. The average molecular weight is 428 g/mol. The molecule has 4 N–H and O–H groups in total. The molecule has 0 fully saturated rings. The van der Waals surface area contributed by atoms with Crippen molar-refractivity contribution in [1.29, 1.82) is 0 Å². The van der Waals surface area contributed by atoms with Crippen LogP contribution in [0, 0.1) is 0 Å². The van der Waals surface area contributed by atoms with Crippen molar-refractivity contribution in [1.82, 2.24) is 9.97 Å². The van der Waals surface area contributed by atoms with E-state index in [1.165, 1.54) is 16.7 Å². The molecule has 32 heavy (non-hydrogen) atoms. The van der Waals surface area contributed by atoms with E-state index in [2.05, 4.69) is 46.4 Å². The highest BCUT2D eigenvalue weighted by atomic mass is 16.5. The zero-order valence-corrected chi connectivity index (χ0v) is 17.6. The Bertz CT molecular complexity index is 1150. The van der Waals surface area contributed by atoms with E-state index in [4.69, 9.17) is 15.6 Å². The monoisotopic (exact) mass is 427 g/mol. The predicted octanol–water partition coefficient (Wildman–Crippen LogP) is 4.84. The summed E-state index contributed by atoms with van der Waals surface area (Å²) in [5.74, 6) is 0.294. The summed E-state index contributed by atoms with van der Waals surface area (Å²) in [4.78, 5) is 18.1. The number of hydrogen-bond acceptors (Lipinski definition) is 4. The highest BCUT2D eigenvalue weighted by Crippen LogP contribution is 2.23. The Morgan fingerprint density at radius 1 is 0.938 bits per heavy atom. The van der Waals surface area contributed by atoms with Crippen LogP contribution in [0.1, 0.15) is 23.9 Å². The second kappa shape index (κ2) is 9.94. The molecule has 0 saturated carbocycles. The standard InChI is InChI=1S/C26H25N3O3/c27-23(16-25(30)31)26-28-17-24(29-26)21-10-12-22(13-11-21)32-15-14-18-6-8-20(9-7-18)19-4-2-1-3-5-19/h1-13,17,23H,14-16,27H2,(H,28,29)(H,30,31). The van der Waals surface area contributed by atoms with E-state index in [0.717, 1.165) is 23.4 Å². The molecule has 0 aliphatic carbocycles. The van der Waals surface area contributed by atoms with Gasteiger partial charge in [-0.3, -0.25) is 4.79 Å². The first-order valence-electron chi connectivity index (χ1n) is 10.5. The van der Waals surface area contributed by atoms with Crippen molar-refractivity contribution < 1.29 is 14.6 Å². The third kappa shape index (κ3) is 5.42. The lowest BCUT2D eigenvalue weighted by molar-refractivity contribution is -0.137. The number of aromatic amines is 1. The number of carbonyl (C=O) groups is 1. The second-order valence-electron chi connectivity index (χ2n) is 7.57. The Balaban J connectivity index is 1.30. The smallest absolute Gasteiger partial charge is 0.305 e. The molecule has 0 spiro atoms. The zero-order chi connectivity index (χ0) is 22.3. The quantitative estimate of drug-likeness (QED) is 0.355. The molecule has 4 aromatic rings. The molecular weight excluding hydrogens is 402 g/mol. The molecular formula is C26H25N3O3. The molecule has 1 heterocycles. The summed E-state index contributed by atoms with van der Waals surface area (Å²) in [5.41, 5.74) is 11.2. The van der Waals surface area contributed by atoms with Gasteiger partial charge in [-0.2, -0.15) is 0 Å². The number of aromatic nitrogens is 2. The highest BCUT2D eigenvalue weighted by Gasteiger charge is 2.14. The van der Waals surface area contributed by atoms with Crippen LogP contribution < -0.4 is 10.5 Å². The van der Waals surface area contributed by atoms with Gasteiger partial charge in [-0.25, -0.2) is 4.98 Å². The molecule has 4 rings (SSSR count). The lowest BCUT2D eigenvalue weighted by Gasteiger charge is -2.08. The second-order valence-corrected chi connectivity index (χ2v) is 7.57. The maximum Gasteiger partial charge on any atom is 0.305 e. The van der Waals surface area contributed by atoms with Crippen LogP contribution in [0.2, 0.25) is 0 Å². The number of nitrogens with zero attached hydrogens (tertiary/aromatic N) is 1. The minimum absolute atomic E-state index is 0.172. The van der Waals surface area contributed by atoms with Crippen LogP contribution in [0.15, 0.2) is 85.1 Å². The maximum absolute atomic E-state index is 10.8. The normalized spacial score (nSPS) is 11.8. The number of H-pyrrole nitrogens is 1. The number of aliphatic carboxylic acids is 1. The van der Waals surface area contributed by atoms with Gasteiger partial charge in [-0.05, 0) is 46.5 Å². The molecule has 0 bridgehead atoms. The largest absolute Gasteiger partial charge is 0.493 e. The summed E-state index contributed by atoms with van der Waals surface area (Å²) in [6, 6.07) is 25.9. The van der Waals surface area contributed by atoms with E-state index >= 15 is 0 Å². The number of nitrogens with two attached hydrogens (primary N) is 1. The Hall–Kier alpha value is -3.90. The number of imidazole rings is 1. The van der Waals surface area contributed by atoms with Crippen LogP contribution in [0.3, 0.4) is 0 Å². The fourth-order valence-electron chi connectivity index (χ4n) is 3.47. The van der Waals surface area contributed by atoms with Crippen molar-refractivity contribution in [2.75, 3.05) is 6.61 Å². The predicted molar refractivity (Wildman–Crippen MR) is 124 cm³/mol. The van der Waals surface area contributed by atoms with E-state index in [1.54, 1.807) is 6.20 Å². The molecule has 0 aliphatic rings. The van der Waals surface area contributed by atoms with E-state index in [-0.39, 0.29) is 6.42 Å². The first-order valence-corrected chi connectivity index (χ1v) is 10.5. The number of ether oxygens (including phenoxy) is 1. The number of benzene rings is 3. The van der Waals surface area contributed by atoms with Crippen molar-refractivity contribution in [2.24, 2.45) is 5.73 Å². The van der Waals surface area contributed by atoms with Crippen molar-refractivity contribution in [3.05, 3.63) is 96.4 Å². The Kier molecular flexibility index (Phi) is 6.63. The number of rotatable bonds is 9. The van der Waals surface area contributed by atoms with Crippen LogP contribution in [-0.4, -0.2) is 27.7 Å². The SMILES string of the molecule is NC(CC(=O)O)c1ncc(-c2ccc(OCCc3ccc(-c4ccccc4)cc3)cc2)[nH]1. The molecule has 162 valence electrons. The van der Waals surface area contributed by atoms with Gasteiger partial charge >= 0.3 is 5.97 Å². The van der Waals surface area contributed by atoms with E-state index in [9.17, 15) is 4.79 Å². The van der Waals surface area contributed by atoms with Gasteiger partial charge in [-0.15, -0.1) is 0 Å². The Morgan fingerprint density at radius 3 is 2.28 bits per heavy atom. The lowest BCUT2D eigenvalue weighted by atomic mass is 10.0. The van der Waals surface area contributed by atoms with Gasteiger partial charge in [0.2, 0.25) is 0 Å². The summed E-state index contributed by atoms with van der Waals surface area (Å²) in [6.07, 6.45) is 2.31. The van der Waals surface area contributed by atoms with E-state index in [1.807, 2.05) is 42.5 Å². The van der Waals surface area contributed by atoms with E-state index < -0.39 is 12.0 Å². The summed E-state index contributed by atoms with van der Waals surface area (Å²) in [7, 11) is 0. The Labute approximate surface area is 186 Å². The minimum Gasteiger partial charge on any atom is -0.493 e. The third-order valence-electron chi connectivity index (χ3n) is 5.23. The molecule has 0 saturated heterocycles. The van der Waals surface area contributed by atoms with Crippen molar-refractivity contribution in [3.8, 4) is 28.1 Å². The van der Waals surface area contributed by atoms with Gasteiger partial charge in [0, 0.05) is 6.42 Å². The molecule has 6 nitrogen and oxygen atoms in total. The zero-order valence-electron chi connectivity index (χ0n) is 17.6. The maximum atomic E-state index is 10.8. The number of nitrogens with one attached hydrogen (secondary N) is 1. The van der Waals surface area contributed by atoms with Crippen LogP contribution in [0.25, 0.3) is 22.4 Å². The first-order chi connectivity index (χ1) is 15.6. The van der Waals surface area contributed by atoms with Gasteiger partial charge in [0.05, 0.1) is 31.0 Å². The highest BCUT2D eigenvalue weighted by molar-refractivity contribution is 5.68. The lowest BCUT2D eigenvalue weighted by Crippen LogP contribution is -2.16. The van der Waals surface area contributed by atoms with Gasteiger partial charge in [0.1, 0.15) is 11.6 Å². The van der Waals surface area contributed by atoms with Crippen LogP contribution >= 0.6 is 0 Å². The molecule has 6 heteroatoms. The van der Waals surface area contributed by atoms with Crippen molar-refractivity contribution >= 4 is 5.97 Å². The molecule has 3 aromatic carbocycles. The average Bonchev–Trinajstić information content (AvgIpc) is 3.31. The van der Waals surface area contributed by atoms with Crippen molar-refractivity contribution in [3.63, 3.8) is 0 Å². The summed E-state index contributed by atoms with van der Waals surface area (Å²) < 4.78 is 5.89. The van der Waals surface area contributed by atoms with Crippen LogP contribution in [0.5, 0.6) is 5.75 Å². The van der Waals surface area contributed by atoms with E-state index in [0.29, 0.717) is 12.4 Å². The molecule has 0 amide bonds. The van der Waals surface area contributed by atoms with Crippen molar-refractivity contribution in [2.45, 2.75) is 18.9 Å².